The molecular weight excluding hydrogens is 692 g/mol. The van der Waals surface area contributed by atoms with Gasteiger partial charge in [0.05, 0.1) is 29.1 Å². The number of benzene rings is 1. The van der Waals surface area contributed by atoms with Crippen LogP contribution in [0.4, 0.5) is 11.6 Å². The molecule has 0 spiro atoms. The van der Waals surface area contributed by atoms with Crippen molar-refractivity contribution in [3.63, 3.8) is 0 Å². The zero-order chi connectivity index (χ0) is 37.5. The van der Waals surface area contributed by atoms with E-state index in [1.54, 1.807) is 33.8 Å². The molecule has 1 aliphatic carbocycles. The number of fused-ring (bicyclic) bond motifs is 3. The van der Waals surface area contributed by atoms with Gasteiger partial charge in [0.25, 0.3) is 17.4 Å². The molecular formula is C38H40N10O6. The predicted octanol–water partition coefficient (Wildman–Crippen LogP) is 1.12. The first kappa shape index (κ1) is 34.1. The van der Waals surface area contributed by atoms with Crippen molar-refractivity contribution in [1.29, 1.82) is 0 Å². The van der Waals surface area contributed by atoms with Crippen LogP contribution in [0.25, 0.3) is 16.9 Å². The smallest absolute Gasteiger partial charge is 0.278 e. The van der Waals surface area contributed by atoms with Crippen LogP contribution in [0, 0.1) is 0 Å². The highest BCUT2D eigenvalue weighted by Crippen LogP contribution is 2.39. The molecule has 0 radical (unpaired) electrons. The number of rotatable bonds is 8. The van der Waals surface area contributed by atoms with E-state index in [-0.39, 0.29) is 36.6 Å². The number of amides is 4. The number of carbonyl (C=O) groups is 4. The first-order valence-electron chi connectivity index (χ1n) is 18.5. The Labute approximate surface area is 309 Å². The minimum absolute atomic E-state index is 0.0694. The Morgan fingerprint density at radius 1 is 0.981 bits per heavy atom. The Balaban J connectivity index is 0.903. The molecule has 4 aliphatic heterocycles. The molecule has 278 valence electrons. The SMILES string of the molecule is C=CCn1c(=O)c2cnc(N3CC(N4CCN(c5cccc6c5C(=O)N(C5CCC(=O)NC5=O)C6=O)CC4)C3)nc2n1-c1ccc2c(n1)[C@@](O)(CC)CC2. The van der Waals surface area contributed by atoms with Crippen LogP contribution < -0.4 is 20.7 Å². The van der Waals surface area contributed by atoms with Crippen molar-refractivity contribution in [2.24, 2.45) is 0 Å². The van der Waals surface area contributed by atoms with Gasteiger partial charge >= 0.3 is 0 Å². The van der Waals surface area contributed by atoms with Gasteiger partial charge < -0.3 is 14.9 Å². The number of anilines is 2. The van der Waals surface area contributed by atoms with E-state index >= 15 is 0 Å². The summed E-state index contributed by atoms with van der Waals surface area (Å²) in [7, 11) is 0. The number of hydrogen-bond acceptors (Lipinski definition) is 12. The largest absolute Gasteiger partial charge is 0.384 e. The van der Waals surface area contributed by atoms with Crippen LogP contribution in [0.5, 0.6) is 0 Å². The van der Waals surface area contributed by atoms with Gasteiger partial charge in [0.2, 0.25) is 17.8 Å². The third-order valence-corrected chi connectivity index (χ3v) is 11.7. The van der Waals surface area contributed by atoms with Crippen LogP contribution in [0.15, 0.2) is 54.0 Å². The Bertz CT molecular complexity index is 2340. The van der Waals surface area contributed by atoms with E-state index in [0.717, 1.165) is 30.0 Å². The average Bonchev–Trinajstić information content (AvgIpc) is 3.73. The van der Waals surface area contributed by atoms with Gasteiger partial charge in [0.15, 0.2) is 11.5 Å². The first-order chi connectivity index (χ1) is 26.1. The zero-order valence-corrected chi connectivity index (χ0v) is 29.9. The van der Waals surface area contributed by atoms with Crippen molar-refractivity contribution >= 4 is 46.3 Å². The number of nitrogens with zero attached hydrogens (tertiary/aromatic N) is 9. The number of aromatic nitrogens is 5. The van der Waals surface area contributed by atoms with Crippen LogP contribution in [-0.2, 0) is 28.2 Å². The molecule has 16 heteroatoms. The van der Waals surface area contributed by atoms with Crippen molar-refractivity contribution in [2.45, 2.75) is 63.3 Å². The molecule has 5 aliphatic rings. The minimum Gasteiger partial charge on any atom is -0.384 e. The van der Waals surface area contributed by atoms with E-state index in [4.69, 9.17) is 9.97 Å². The molecule has 0 saturated carbocycles. The number of aryl methyl sites for hydroxylation is 1. The number of allylic oxidation sites excluding steroid dienone is 1. The molecule has 16 nitrogen and oxygen atoms in total. The maximum absolute atomic E-state index is 13.7. The maximum atomic E-state index is 13.7. The lowest BCUT2D eigenvalue weighted by atomic mass is 9.98. The minimum atomic E-state index is -1.01. The number of hydrogen-bond donors (Lipinski definition) is 2. The summed E-state index contributed by atoms with van der Waals surface area (Å²) in [6.45, 7) is 10.2. The van der Waals surface area contributed by atoms with Crippen LogP contribution in [0.3, 0.4) is 0 Å². The second-order valence-corrected chi connectivity index (χ2v) is 14.7. The highest BCUT2D eigenvalue weighted by molar-refractivity contribution is 6.25. The molecule has 2 N–H and O–H groups in total. The summed E-state index contributed by atoms with van der Waals surface area (Å²) >= 11 is 0. The Morgan fingerprint density at radius 3 is 2.52 bits per heavy atom. The Hall–Kier alpha value is -5.74. The summed E-state index contributed by atoms with van der Waals surface area (Å²) in [4.78, 5) is 86.8. The van der Waals surface area contributed by atoms with Crippen LogP contribution in [0.2, 0.25) is 0 Å². The van der Waals surface area contributed by atoms with Crippen molar-refractivity contribution < 1.29 is 24.3 Å². The summed E-state index contributed by atoms with van der Waals surface area (Å²) in [6.07, 6.45) is 5.30. The van der Waals surface area contributed by atoms with Crippen LogP contribution >= 0.6 is 0 Å². The summed E-state index contributed by atoms with van der Waals surface area (Å²) in [5.74, 6) is -1.04. The maximum Gasteiger partial charge on any atom is 0.278 e. The fourth-order valence-corrected chi connectivity index (χ4v) is 8.63. The van der Waals surface area contributed by atoms with E-state index < -0.39 is 35.3 Å². The van der Waals surface area contributed by atoms with Gasteiger partial charge in [-0.3, -0.25) is 39.1 Å². The number of imide groups is 2. The summed E-state index contributed by atoms with van der Waals surface area (Å²) < 4.78 is 3.25. The number of piperazine rings is 1. The lowest BCUT2D eigenvalue weighted by Gasteiger charge is -2.48. The Kier molecular flexibility index (Phi) is 8.01. The molecule has 7 heterocycles. The third kappa shape index (κ3) is 5.18. The van der Waals surface area contributed by atoms with E-state index in [0.29, 0.717) is 78.8 Å². The summed E-state index contributed by atoms with van der Waals surface area (Å²) in [5.41, 5.74) is 2.09. The van der Waals surface area contributed by atoms with Crippen molar-refractivity contribution in [1.82, 2.24) is 39.4 Å². The highest BCUT2D eigenvalue weighted by atomic mass is 16.3. The average molecular weight is 733 g/mol. The zero-order valence-electron chi connectivity index (χ0n) is 29.9. The fourth-order valence-electron chi connectivity index (χ4n) is 8.63. The number of piperidine rings is 1. The van der Waals surface area contributed by atoms with E-state index in [9.17, 15) is 29.1 Å². The lowest BCUT2D eigenvalue weighted by molar-refractivity contribution is -0.136. The van der Waals surface area contributed by atoms with E-state index in [1.807, 2.05) is 25.1 Å². The quantitative estimate of drug-likeness (QED) is 0.195. The summed E-state index contributed by atoms with van der Waals surface area (Å²) in [5, 5.41) is 13.9. The second kappa shape index (κ2) is 12.7. The standard InChI is InChI=1S/C38H40N10O6/c1-3-14-46-34(51)25-19-39-37(42-32(25)48(46)28-10-8-22-12-13-38(54,4-2)31(22)40-28)45-20-23(21-45)43-15-17-44(18-16-43)26-7-5-6-24-30(26)36(53)47(35(24)52)27-9-11-29(49)41-33(27)50/h3,5-8,10,19,23,27,54H,1,4,9,11-18,20-21H2,2H3,(H,41,49,50)/t27?,38-/m1/s1. The molecule has 54 heavy (non-hydrogen) atoms. The number of pyridine rings is 1. The molecule has 3 fully saturated rings. The molecule has 3 saturated heterocycles. The highest BCUT2D eigenvalue weighted by Gasteiger charge is 2.46. The van der Waals surface area contributed by atoms with Gasteiger partial charge in [-0.15, -0.1) is 6.58 Å². The molecule has 4 amide bonds. The second-order valence-electron chi connectivity index (χ2n) is 14.7. The van der Waals surface area contributed by atoms with Crippen LogP contribution in [0.1, 0.15) is 64.6 Å². The van der Waals surface area contributed by atoms with E-state index in [2.05, 4.69) is 31.6 Å². The van der Waals surface area contributed by atoms with Gasteiger partial charge in [-0.1, -0.05) is 25.1 Å². The first-order valence-corrected chi connectivity index (χ1v) is 18.5. The monoisotopic (exact) mass is 732 g/mol. The van der Waals surface area contributed by atoms with Crippen LogP contribution in [-0.4, -0.2) is 114 Å². The molecule has 0 bridgehead atoms. The van der Waals surface area contributed by atoms with E-state index in [1.165, 1.54) is 0 Å². The van der Waals surface area contributed by atoms with Gasteiger partial charge in [-0.25, -0.2) is 19.3 Å². The molecule has 1 unspecified atom stereocenters. The van der Waals surface area contributed by atoms with Gasteiger partial charge in [-0.05, 0) is 49.4 Å². The van der Waals surface area contributed by atoms with Crippen molar-refractivity contribution in [2.75, 3.05) is 49.1 Å². The van der Waals surface area contributed by atoms with Gasteiger partial charge in [0, 0.05) is 57.9 Å². The summed E-state index contributed by atoms with van der Waals surface area (Å²) in [6, 6.07) is 8.30. The fraction of sp³-hybridized carbons (Fsp3) is 0.421. The van der Waals surface area contributed by atoms with Crippen molar-refractivity contribution in [3.05, 3.63) is 81.9 Å². The molecule has 2 atom stereocenters. The number of aliphatic hydroxyl groups is 1. The molecule has 9 rings (SSSR count). The number of carbonyl (C=O) groups excluding carboxylic acids is 4. The van der Waals surface area contributed by atoms with Gasteiger partial charge in [0.1, 0.15) is 17.0 Å². The molecule has 1 aromatic carbocycles. The van der Waals surface area contributed by atoms with Gasteiger partial charge in [-0.2, -0.15) is 4.98 Å². The van der Waals surface area contributed by atoms with Crippen molar-refractivity contribution in [3.8, 4) is 5.82 Å². The predicted molar refractivity (Wildman–Crippen MR) is 197 cm³/mol. The molecule has 4 aromatic rings. The number of nitrogens with one attached hydrogen (secondary N) is 1. The normalized spacial score (nSPS) is 23.2. The molecule has 3 aromatic heterocycles. The topological polar surface area (TPSA) is 179 Å². The Morgan fingerprint density at radius 2 is 1.78 bits per heavy atom. The third-order valence-electron chi connectivity index (χ3n) is 11.7. The lowest BCUT2D eigenvalue weighted by Crippen LogP contribution is -2.63.